The van der Waals surface area contributed by atoms with Gasteiger partial charge in [-0.2, -0.15) is 30.7 Å². The van der Waals surface area contributed by atoms with Crippen molar-refractivity contribution in [1.82, 2.24) is 0 Å². The maximum absolute atomic E-state index is 14.2. The minimum atomic E-state index is -6.37. The van der Waals surface area contributed by atoms with Crippen molar-refractivity contribution in [3.8, 4) is 0 Å². The van der Waals surface area contributed by atoms with Gasteiger partial charge in [-0.3, -0.25) is 0 Å². The summed E-state index contributed by atoms with van der Waals surface area (Å²) in [6, 6.07) is 6.17. The molecule has 0 N–H and O–H groups in total. The average Bonchev–Trinajstić information content (AvgIpc) is 2.45. The monoisotopic (exact) mass is 496 g/mol. The highest BCUT2D eigenvalue weighted by molar-refractivity contribution is 14.1. The lowest BCUT2D eigenvalue weighted by Gasteiger charge is -2.30. The smallest absolute Gasteiger partial charge is 0.194 e. The largest absolute Gasteiger partial charge is 0.460 e. The molecule has 0 saturated carbocycles. The first kappa shape index (κ1) is 22.2. The van der Waals surface area contributed by atoms with E-state index in [-0.39, 0.29) is 0 Å². The normalized spacial score (nSPS) is 15.5. The van der Waals surface area contributed by atoms with Crippen molar-refractivity contribution in [3.63, 3.8) is 0 Å². The van der Waals surface area contributed by atoms with Gasteiger partial charge in [-0.15, -0.1) is 0 Å². The topological polar surface area (TPSA) is 0 Å². The van der Waals surface area contributed by atoms with Crippen LogP contribution in [0.3, 0.4) is 0 Å². The van der Waals surface area contributed by atoms with Crippen LogP contribution in [-0.2, 0) is 0 Å². The van der Waals surface area contributed by atoms with Gasteiger partial charge in [0, 0.05) is 5.57 Å². The molecule has 0 saturated heterocycles. The Balaban J connectivity index is 3.59. The van der Waals surface area contributed by atoms with Gasteiger partial charge in [0.15, 0.2) is 0 Å². The van der Waals surface area contributed by atoms with Crippen molar-refractivity contribution >= 4 is 36.2 Å². The molecule has 25 heavy (non-hydrogen) atoms. The quantitative estimate of drug-likeness (QED) is 0.177. The Morgan fingerprint density at radius 1 is 0.880 bits per heavy atom. The molecule has 1 rings (SSSR count). The van der Waals surface area contributed by atoms with Gasteiger partial charge >= 0.3 is 18.0 Å². The van der Waals surface area contributed by atoms with E-state index in [1.807, 2.05) is 42.2 Å². The predicted octanol–water partition coefficient (Wildman–Crippen LogP) is 7.10. The second-order valence-electron chi connectivity index (χ2n) is 6.36. The molecular formula is C16H16F7ISi. The van der Waals surface area contributed by atoms with E-state index in [2.05, 4.69) is 0 Å². The minimum Gasteiger partial charge on any atom is -0.194 e. The molecule has 0 heterocycles. The van der Waals surface area contributed by atoms with E-state index in [9.17, 15) is 30.7 Å². The Labute approximate surface area is 156 Å². The Hall–Kier alpha value is -0.843. The molecule has 0 aliphatic rings. The molecule has 9 heteroatoms. The van der Waals surface area contributed by atoms with E-state index in [0.717, 1.165) is 12.1 Å². The van der Waals surface area contributed by atoms with Gasteiger partial charge in [0.2, 0.25) is 0 Å². The fraction of sp³-hybridized carbons (Fsp3) is 0.375. The van der Waals surface area contributed by atoms with Crippen molar-refractivity contribution in [2.45, 2.75) is 37.7 Å². The molecule has 0 bridgehead atoms. The van der Waals surface area contributed by atoms with Crippen molar-refractivity contribution in [3.05, 3.63) is 51.3 Å². The van der Waals surface area contributed by atoms with Crippen molar-refractivity contribution in [2.75, 3.05) is 0 Å². The molecule has 140 valence electrons. The zero-order valence-corrected chi connectivity index (χ0v) is 16.7. The molecule has 0 spiro atoms. The van der Waals surface area contributed by atoms with Gasteiger partial charge in [0.1, 0.15) is 0 Å². The number of hydrogen-bond acceptors (Lipinski definition) is 0. The summed E-state index contributed by atoms with van der Waals surface area (Å²) < 4.78 is 93.7. The summed E-state index contributed by atoms with van der Waals surface area (Å²) in [4.78, 5) is 0. The molecule has 0 atom stereocenters. The summed E-state index contributed by atoms with van der Waals surface area (Å²) in [6.45, 7) is 5.68. The lowest BCUT2D eigenvalue weighted by molar-refractivity contribution is -0.338. The highest BCUT2D eigenvalue weighted by atomic mass is 127. The Morgan fingerprint density at radius 2 is 1.36 bits per heavy atom. The van der Waals surface area contributed by atoms with E-state index in [4.69, 9.17) is 0 Å². The molecule has 1 aromatic rings. The van der Waals surface area contributed by atoms with Gasteiger partial charge < -0.3 is 0 Å². The number of allylic oxidation sites excluding steroid dienone is 3. The molecule has 0 unspecified atom stereocenters. The molecule has 0 aromatic heterocycles. The summed E-state index contributed by atoms with van der Waals surface area (Å²) >= 11 is 1.89. The first-order valence-electron chi connectivity index (χ1n) is 7.08. The fourth-order valence-corrected chi connectivity index (χ4v) is 2.52. The summed E-state index contributed by atoms with van der Waals surface area (Å²) in [5.74, 6) is -11.6. The molecule has 0 fully saturated rings. The first-order chi connectivity index (χ1) is 11.1. The van der Waals surface area contributed by atoms with Crippen LogP contribution in [0.25, 0.3) is 5.57 Å². The van der Waals surface area contributed by atoms with Crippen LogP contribution in [0.5, 0.6) is 0 Å². The molecule has 0 nitrogen and oxygen atoms in total. The van der Waals surface area contributed by atoms with Gasteiger partial charge in [0.25, 0.3) is 0 Å². The van der Waals surface area contributed by atoms with Gasteiger partial charge in [-0.25, -0.2) is 0 Å². The summed E-state index contributed by atoms with van der Waals surface area (Å²) in [5, 5.41) is 0. The molecular weight excluding hydrogens is 480 g/mol. The summed E-state index contributed by atoms with van der Waals surface area (Å²) in [7, 11) is -1.92. The number of benzene rings is 1. The van der Waals surface area contributed by atoms with Crippen LogP contribution in [0.1, 0.15) is 5.56 Å². The molecule has 0 aliphatic heterocycles. The van der Waals surface area contributed by atoms with Crippen LogP contribution in [0, 0.1) is 0 Å². The Kier molecular flexibility index (Phi) is 6.58. The van der Waals surface area contributed by atoms with Gasteiger partial charge in [-0.1, -0.05) is 84.7 Å². The maximum Gasteiger partial charge on any atom is 0.460 e. The molecule has 1 aromatic carbocycles. The SMILES string of the molecule is C[Si](C)(C)/C(I)=C\C=C(\c1ccccc1)C(F)(F)C(F)(F)C(F)(F)F. The zero-order chi connectivity index (χ0) is 19.7. The van der Waals surface area contributed by atoms with E-state index < -0.39 is 37.2 Å². The highest BCUT2D eigenvalue weighted by Gasteiger charge is 2.74. The van der Waals surface area contributed by atoms with Crippen LogP contribution in [-0.4, -0.2) is 26.1 Å². The molecule has 0 aliphatic carbocycles. The second kappa shape index (κ2) is 7.41. The highest BCUT2D eigenvalue weighted by Crippen LogP contribution is 2.52. The fourth-order valence-electron chi connectivity index (χ4n) is 1.75. The number of rotatable bonds is 5. The number of alkyl halides is 7. The van der Waals surface area contributed by atoms with E-state index in [1.54, 1.807) is 0 Å². The average molecular weight is 496 g/mol. The molecule has 0 radical (unpaired) electrons. The maximum atomic E-state index is 14.2. The van der Waals surface area contributed by atoms with Crippen LogP contribution >= 0.6 is 22.6 Å². The number of hydrogen-bond donors (Lipinski definition) is 0. The van der Waals surface area contributed by atoms with Crippen molar-refractivity contribution < 1.29 is 30.7 Å². The summed E-state index contributed by atoms with van der Waals surface area (Å²) in [5.41, 5.74) is -1.77. The van der Waals surface area contributed by atoms with Crippen molar-refractivity contribution in [2.24, 2.45) is 0 Å². The van der Waals surface area contributed by atoms with Gasteiger partial charge in [-0.05, 0) is 8.77 Å². The van der Waals surface area contributed by atoms with Gasteiger partial charge in [0.05, 0.1) is 8.07 Å². The van der Waals surface area contributed by atoms with Crippen LogP contribution in [0.15, 0.2) is 45.7 Å². The van der Waals surface area contributed by atoms with E-state index in [1.165, 1.54) is 24.3 Å². The Morgan fingerprint density at radius 3 is 1.76 bits per heavy atom. The lowest BCUT2D eigenvalue weighted by Crippen LogP contribution is -2.52. The van der Waals surface area contributed by atoms with Crippen LogP contribution in [0.4, 0.5) is 30.7 Å². The number of halogens is 8. The standard InChI is InChI=1S/C16H16F7ISi/c1-25(2,3)13(24)10-9-12(11-7-5-4-6-8-11)14(17,18)15(19,20)16(21,22)23/h4-10H,1-3H3/b12-9-,13-10-. The third kappa shape index (κ3) is 4.87. The molecule has 0 amide bonds. The van der Waals surface area contributed by atoms with E-state index in [0.29, 0.717) is 9.28 Å². The third-order valence-corrected chi connectivity index (χ3v) is 10.1. The second-order valence-corrected chi connectivity index (χ2v) is 13.6. The van der Waals surface area contributed by atoms with Crippen LogP contribution < -0.4 is 0 Å². The zero-order valence-electron chi connectivity index (χ0n) is 13.6. The van der Waals surface area contributed by atoms with Crippen molar-refractivity contribution in [1.29, 1.82) is 0 Å². The predicted molar refractivity (Wildman–Crippen MR) is 95.8 cm³/mol. The summed E-state index contributed by atoms with van der Waals surface area (Å²) in [6.07, 6.45) is -4.52. The lowest BCUT2D eigenvalue weighted by atomic mass is 9.94. The van der Waals surface area contributed by atoms with E-state index >= 15 is 0 Å². The Bertz CT molecular complexity index is 655. The first-order valence-corrected chi connectivity index (χ1v) is 11.7. The van der Waals surface area contributed by atoms with Crippen LogP contribution in [0.2, 0.25) is 19.6 Å². The minimum absolute atomic E-state index is 0.396. The third-order valence-electron chi connectivity index (χ3n) is 3.29.